The van der Waals surface area contributed by atoms with Gasteiger partial charge in [0.1, 0.15) is 5.75 Å². The van der Waals surface area contributed by atoms with Crippen LogP contribution < -0.4 is 4.18 Å². The fourth-order valence-electron chi connectivity index (χ4n) is 1.99. The van der Waals surface area contributed by atoms with Gasteiger partial charge in [0.2, 0.25) is 0 Å². The van der Waals surface area contributed by atoms with Gasteiger partial charge in [-0.1, -0.05) is 24.3 Å². The normalized spacial score (nSPS) is 10.9. The molecule has 0 bridgehead atoms. The second kappa shape index (κ2) is 5.94. The van der Waals surface area contributed by atoms with Crippen LogP contribution in [-0.4, -0.2) is 18.4 Å². The number of rotatable bonds is 4. The van der Waals surface area contributed by atoms with E-state index in [1.54, 1.807) is 36.4 Å². The molecule has 1 N–H and O–H groups in total. The molecule has 0 aliphatic carbocycles. The fourth-order valence-corrected chi connectivity index (χ4v) is 2.83. The number of imidazole rings is 1. The summed E-state index contributed by atoms with van der Waals surface area (Å²) in [6.45, 7) is 0. The van der Waals surface area contributed by atoms with Gasteiger partial charge in [-0.15, -0.1) is 0 Å². The number of hydrogen-bond acceptors (Lipinski definition) is 5. The highest BCUT2D eigenvalue weighted by atomic mass is 32.2. The predicted octanol–water partition coefficient (Wildman–Crippen LogP) is 2.72. The molecule has 7 heteroatoms. The number of nitrogens with zero attached hydrogens (tertiary/aromatic N) is 2. The molecule has 0 saturated heterocycles. The standard InChI is InChI=1S/C16H11N3O3S/c17-9-12-1-3-13(4-2-12)14-5-7-15(8-6-14)22-23(20,21)16-10-18-11-19-16/h1-8,10-11H,(H,18,19). The monoisotopic (exact) mass is 325 g/mol. The van der Waals surface area contributed by atoms with Crippen LogP contribution in [0, 0.1) is 11.3 Å². The minimum atomic E-state index is -3.91. The topological polar surface area (TPSA) is 95.8 Å². The van der Waals surface area contributed by atoms with E-state index in [2.05, 4.69) is 16.0 Å². The molecule has 0 unspecified atom stereocenters. The molecule has 0 aliphatic heterocycles. The van der Waals surface area contributed by atoms with Crippen molar-refractivity contribution >= 4 is 10.1 Å². The molecular weight excluding hydrogens is 314 g/mol. The van der Waals surface area contributed by atoms with Gasteiger partial charge >= 0.3 is 10.1 Å². The second-order valence-corrected chi connectivity index (χ2v) is 6.18. The van der Waals surface area contributed by atoms with E-state index in [1.807, 2.05) is 12.1 Å². The van der Waals surface area contributed by atoms with Gasteiger partial charge in [-0.2, -0.15) is 13.7 Å². The smallest absolute Gasteiger partial charge is 0.356 e. The predicted molar refractivity (Wildman–Crippen MR) is 83.0 cm³/mol. The molecule has 3 rings (SSSR count). The zero-order chi connectivity index (χ0) is 16.3. The third-order valence-corrected chi connectivity index (χ3v) is 4.32. The molecule has 23 heavy (non-hydrogen) atoms. The molecule has 3 aromatic rings. The number of nitriles is 1. The first-order chi connectivity index (χ1) is 11.1. The van der Waals surface area contributed by atoms with Crippen molar-refractivity contribution in [1.82, 2.24) is 9.97 Å². The Hall–Kier alpha value is -3.11. The molecule has 0 spiro atoms. The molecule has 1 aromatic heterocycles. The van der Waals surface area contributed by atoms with E-state index in [4.69, 9.17) is 9.44 Å². The first kappa shape index (κ1) is 14.8. The van der Waals surface area contributed by atoms with Crippen molar-refractivity contribution in [3.8, 4) is 22.9 Å². The highest BCUT2D eigenvalue weighted by Crippen LogP contribution is 2.24. The Morgan fingerprint density at radius 2 is 1.61 bits per heavy atom. The SMILES string of the molecule is N#Cc1ccc(-c2ccc(OS(=O)(=O)c3cnc[nH]3)cc2)cc1. The highest BCUT2D eigenvalue weighted by Gasteiger charge is 2.18. The Morgan fingerprint density at radius 3 is 2.13 bits per heavy atom. The lowest BCUT2D eigenvalue weighted by Gasteiger charge is -2.06. The van der Waals surface area contributed by atoms with Gasteiger partial charge in [0, 0.05) is 0 Å². The van der Waals surface area contributed by atoms with Gasteiger partial charge in [-0.25, -0.2) is 4.98 Å². The van der Waals surface area contributed by atoms with E-state index >= 15 is 0 Å². The molecule has 0 amide bonds. The summed E-state index contributed by atoms with van der Waals surface area (Å²) in [7, 11) is -3.91. The van der Waals surface area contributed by atoms with Crippen LogP contribution in [0.1, 0.15) is 5.56 Å². The van der Waals surface area contributed by atoms with Crippen molar-refractivity contribution in [1.29, 1.82) is 5.26 Å². The van der Waals surface area contributed by atoms with Crippen molar-refractivity contribution in [3.63, 3.8) is 0 Å². The molecule has 0 aliphatic rings. The number of hydrogen-bond donors (Lipinski definition) is 1. The maximum Gasteiger partial charge on any atom is 0.356 e. The summed E-state index contributed by atoms with van der Waals surface area (Å²) in [6, 6.07) is 15.8. The van der Waals surface area contributed by atoms with Gasteiger partial charge < -0.3 is 9.17 Å². The summed E-state index contributed by atoms with van der Waals surface area (Å²) in [5.74, 6) is 0.206. The van der Waals surface area contributed by atoms with Gasteiger partial charge in [-0.05, 0) is 35.4 Å². The van der Waals surface area contributed by atoms with E-state index in [0.717, 1.165) is 11.1 Å². The third-order valence-electron chi connectivity index (χ3n) is 3.15. The van der Waals surface area contributed by atoms with Crippen LogP contribution in [0.15, 0.2) is 66.1 Å². The minimum Gasteiger partial charge on any atom is -0.378 e. The zero-order valence-electron chi connectivity index (χ0n) is 11.8. The molecule has 0 radical (unpaired) electrons. The number of nitrogens with one attached hydrogen (secondary N) is 1. The van der Waals surface area contributed by atoms with Crippen LogP contribution >= 0.6 is 0 Å². The van der Waals surface area contributed by atoms with Crippen LogP contribution in [0.3, 0.4) is 0 Å². The molecule has 1 heterocycles. The lowest BCUT2D eigenvalue weighted by atomic mass is 10.0. The van der Waals surface area contributed by atoms with Gasteiger partial charge in [-0.3, -0.25) is 0 Å². The molecule has 0 atom stereocenters. The summed E-state index contributed by atoms with van der Waals surface area (Å²) in [5.41, 5.74) is 2.40. The van der Waals surface area contributed by atoms with E-state index in [0.29, 0.717) is 5.56 Å². The minimum absolute atomic E-state index is 0.103. The van der Waals surface area contributed by atoms with Crippen molar-refractivity contribution in [2.24, 2.45) is 0 Å². The fraction of sp³-hybridized carbons (Fsp3) is 0. The quantitative estimate of drug-likeness (QED) is 0.744. The van der Waals surface area contributed by atoms with E-state index in [9.17, 15) is 8.42 Å². The lowest BCUT2D eigenvalue weighted by Crippen LogP contribution is -2.09. The Morgan fingerprint density at radius 1 is 1.00 bits per heavy atom. The van der Waals surface area contributed by atoms with E-state index < -0.39 is 10.1 Å². The van der Waals surface area contributed by atoms with Crippen molar-refractivity contribution in [3.05, 3.63) is 66.6 Å². The molecular formula is C16H11N3O3S. The van der Waals surface area contributed by atoms with Gasteiger partial charge in [0.15, 0.2) is 5.03 Å². The van der Waals surface area contributed by atoms with Crippen molar-refractivity contribution < 1.29 is 12.6 Å². The summed E-state index contributed by atoms with van der Waals surface area (Å²) < 4.78 is 29.0. The van der Waals surface area contributed by atoms with Crippen molar-refractivity contribution in [2.45, 2.75) is 5.03 Å². The maximum atomic E-state index is 12.0. The summed E-state index contributed by atoms with van der Waals surface area (Å²) >= 11 is 0. The zero-order valence-corrected chi connectivity index (χ0v) is 12.6. The number of aromatic amines is 1. The molecule has 0 saturated carbocycles. The summed E-state index contributed by atoms with van der Waals surface area (Å²) in [5, 5.41) is 8.69. The first-order valence-corrected chi connectivity index (χ1v) is 8.03. The Kier molecular flexibility index (Phi) is 3.83. The highest BCUT2D eigenvalue weighted by molar-refractivity contribution is 7.87. The van der Waals surface area contributed by atoms with Gasteiger partial charge in [0.05, 0.1) is 24.2 Å². The Bertz CT molecular complexity index is 939. The van der Waals surface area contributed by atoms with Crippen LogP contribution in [0.4, 0.5) is 0 Å². The first-order valence-electron chi connectivity index (χ1n) is 6.62. The maximum absolute atomic E-state index is 12.0. The largest absolute Gasteiger partial charge is 0.378 e. The molecule has 114 valence electrons. The average molecular weight is 325 g/mol. The Labute approximate surface area is 133 Å². The van der Waals surface area contributed by atoms with Crippen LogP contribution in [0.5, 0.6) is 5.75 Å². The molecule has 0 fully saturated rings. The second-order valence-electron chi connectivity index (χ2n) is 4.67. The summed E-state index contributed by atoms with van der Waals surface area (Å²) in [6.07, 6.45) is 2.45. The number of benzene rings is 2. The lowest BCUT2D eigenvalue weighted by molar-refractivity contribution is 0.483. The molecule has 6 nitrogen and oxygen atoms in total. The van der Waals surface area contributed by atoms with Crippen molar-refractivity contribution in [2.75, 3.05) is 0 Å². The van der Waals surface area contributed by atoms with Crippen LogP contribution in [-0.2, 0) is 10.1 Å². The van der Waals surface area contributed by atoms with E-state index in [1.165, 1.54) is 12.5 Å². The van der Waals surface area contributed by atoms with Crippen LogP contribution in [0.2, 0.25) is 0 Å². The Balaban J connectivity index is 1.81. The number of aromatic nitrogens is 2. The van der Waals surface area contributed by atoms with E-state index in [-0.39, 0.29) is 10.8 Å². The average Bonchev–Trinajstić information content (AvgIpc) is 3.11. The van der Waals surface area contributed by atoms with Gasteiger partial charge in [0.25, 0.3) is 0 Å². The third kappa shape index (κ3) is 3.22. The number of H-pyrrole nitrogens is 1. The summed E-state index contributed by atoms with van der Waals surface area (Å²) in [4.78, 5) is 6.16. The molecule has 2 aromatic carbocycles. The van der Waals surface area contributed by atoms with Crippen LogP contribution in [0.25, 0.3) is 11.1 Å².